The number of nitrogens with one attached hydrogen (secondary N) is 1. The molecule has 1 aliphatic rings. The van der Waals surface area contributed by atoms with Crippen molar-refractivity contribution in [3.63, 3.8) is 0 Å². The summed E-state index contributed by atoms with van der Waals surface area (Å²) in [5.41, 5.74) is 1.19. The second kappa shape index (κ2) is 6.78. The first-order chi connectivity index (χ1) is 9.52. The third-order valence-corrected chi connectivity index (χ3v) is 4.04. The number of hydrogen-bond donors (Lipinski definition) is 2. The van der Waals surface area contributed by atoms with E-state index in [0.717, 1.165) is 41.9 Å². The SMILES string of the molecule is CC(C)(CO)CCCNCc1cc(Br)c2c(c1)OCO2. The molecule has 1 aromatic carbocycles. The van der Waals surface area contributed by atoms with Crippen LogP contribution in [0.5, 0.6) is 11.5 Å². The zero-order valence-corrected chi connectivity index (χ0v) is 13.6. The summed E-state index contributed by atoms with van der Waals surface area (Å²) in [6.07, 6.45) is 2.07. The Labute approximate surface area is 128 Å². The van der Waals surface area contributed by atoms with E-state index in [1.54, 1.807) is 0 Å². The summed E-state index contributed by atoms with van der Waals surface area (Å²) in [5, 5.41) is 12.6. The van der Waals surface area contributed by atoms with Gasteiger partial charge in [-0.05, 0) is 58.4 Å². The molecule has 0 aliphatic carbocycles. The van der Waals surface area contributed by atoms with Gasteiger partial charge in [0.2, 0.25) is 6.79 Å². The molecule has 5 heteroatoms. The van der Waals surface area contributed by atoms with Gasteiger partial charge in [-0.1, -0.05) is 13.8 Å². The molecular formula is C15H22BrNO3. The topological polar surface area (TPSA) is 50.7 Å². The molecule has 1 aromatic rings. The number of halogens is 1. The van der Waals surface area contributed by atoms with E-state index < -0.39 is 0 Å². The monoisotopic (exact) mass is 343 g/mol. The molecule has 112 valence electrons. The first-order valence-electron chi connectivity index (χ1n) is 6.91. The maximum absolute atomic E-state index is 9.20. The Morgan fingerprint density at radius 2 is 2.15 bits per heavy atom. The van der Waals surface area contributed by atoms with Gasteiger partial charge in [-0.25, -0.2) is 0 Å². The first-order valence-corrected chi connectivity index (χ1v) is 7.71. The Balaban J connectivity index is 1.76. The summed E-state index contributed by atoms with van der Waals surface area (Å²) in [7, 11) is 0. The first kappa shape index (κ1) is 15.6. The zero-order valence-electron chi connectivity index (χ0n) is 12.0. The molecule has 1 aliphatic heterocycles. The van der Waals surface area contributed by atoms with Crippen molar-refractivity contribution in [1.29, 1.82) is 0 Å². The number of fused-ring (bicyclic) bond motifs is 1. The fraction of sp³-hybridized carbons (Fsp3) is 0.600. The summed E-state index contributed by atoms with van der Waals surface area (Å²) in [5.74, 6) is 1.59. The second-order valence-corrected chi connectivity index (χ2v) is 6.77. The van der Waals surface area contributed by atoms with Crippen molar-refractivity contribution in [3.05, 3.63) is 22.2 Å². The number of hydrogen-bond acceptors (Lipinski definition) is 4. The third kappa shape index (κ3) is 4.11. The minimum Gasteiger partial charge on any atom is -0.454 e. The van der Waals surface area contributed by atoms with E-state index in [4.69, 9.17) is 9.47 Å². The maximum Gasteiger partial charge on any atom is 0.231 e. The molecule has 0 saturated carbocycles. The molecule has 0 spiro atoms. The third-order valence-electron chi connectivity index (χ3n) is 3.45. The average Bonchev–Trinajstić information content (AvgIpc) is 2.87. The van der Waals surface area contributed by atoms with Gasteiger partial charge in [0, 0.05) is 13.2 Å². The van der Waals surface area contributed by atoms with Crippen LogP contribution in [0.2, 0.25) is 0 Å². The molecule has 0 bridgehead atoms. The minimum atomic E-state index is 0.0173. The van der Waals surface area contributed by atoms with Crippen molar-refractivity contribution in [2.24, 2.45) is 5.41 Å². The van der Waals surface area contributed by atoms with E-state index >= 15 is 0 Å². The molecular weight excluding hydrogens is 322 g/mol. The average molecular weight is 344 g/mol. The lowest BCUT2D eigenvalue weighted by Gasteiger charge is -2.21. The van der Waals surface area contributed by atoms with Crippen molar-refractivity contribution in [1.82, 2.24) is 5.32 Å². The number of benzene rings is 1. The zero-order chi connectivity index (χ0) is 14.6. The Morgan fingerprint density at radius 1 is 1.35 bits per heavy atom. The summed E-state index contributed by atoms with van der Waals surface area (Å²) >= 11 is 3.50. The van der Waals surface area contributed by atoms with Gasteiger partial charge in [0.1, 0.15) is 0 Å². The van der Waals surface area contributed by atoms with Crippen LogP contribution in [-0.4, -0.2) is 25.1 Å². The smallest absolute Gasteiger partial charge is 0.231 e. The summed E-state index contributed by atoms with van der Waals surface area (Å²) in [6.45, 7) is 6.44. The van der Waals surface area contributed by atoms with Crippen molar-refractivity contribution in [3.8, 4) is 11.5 Å². The van der Waals surface area contributed by atoms with Crippen molar-refractivity contribution in [2.45, 2.75) is 33.2 Å². The molecule has 0 amide bonds. The molecule has 0 fully saturated rings. The van der Waals surface area contributed by atoms with Crippen molar-refractivity contribution < 1.29 is 14.6 Å². The number of ether oxygens (including phenoxy) is 2. The van der Waals surface area contributed by atoms with Gasteiger partial charge in [0.15, 0.2) is 11.5 Å². The molecule has 2 rings (SSSR count). The van der Waals surface area contributed by atoms with Crippen LogP contribution in [-0.2, 0) is 6.54 Å². The second-order valence-electron chi connectivity index (χ2n) is 5.91. The highest BCUT2D eigenvalue weighted by atomic mass is 79.9. The van der Waals surface area contributed by atoms with Crippen LogP contribution in [0, 0.1) is 5.41 Å². The van der Waals surface area contributed by atoms with Crippen LogP contribution in [0.3, 0.4) is 0 Å². The van der Waals surface area contributed by atoms with Gasteiger partial charge in [0.05, 0.1) is 4.47 Å². The fourth-order valence-corrected chi connectivity index (χ4v) is 2.73. The molecule has 0 radical (unpaired) electrons. The quantitative estimate of drug-likeness (QED) is 0.747. The highest BCUT2D eigenvalue weighted by molar-refractivity contribution is 9.10. The van der Waals surface area contributed by atoms with Crippen molar-refractivity contribution in [2.75, 3.05) is 19.9 Å². The molecule has 0 atom stereocenters. The van der Waals surface area contributed by atoms with Crippen molar-refractivity contribution >= 4 is 15.9 Å². The van der Waals surface area contributed by atoms with Gasteiger partial charge in [0.25, 0.3) is 0 Å². The molecule has 4 nitrogen and oxygen atoms in total. The van der Waals surface area contributed by atoms with Gasteiger partial charge in [-0.15, -0.1) is 0 Å². The number of aliphatic hydroxyl groups excluding tert-OH is 1. The Hall–Kier alpha value is -0.780. The Bertz CT molecular complexity index is 463. The predicted molar refractivity (Wildman–Crippen MR) is 82.1 cm³/mol. The number of rotatable bonds is 7. The molecule has 0 aromatic heterocycles. The molecule has 0 saturated heterocycles. The predicted octanol–water partition coefficient (Wildman–Crippen LogP) is 3.07. The normalized spacial score (nSPS) is 13.8. The van der Waals surface area contributed by atoms with Crippen LogP contribution in [0.1, 0.15) is 32.3 Å². The minimum absolute atomic E-state index is 0.0173. The lowest BCUT2D eigenvalue weighted by molar-refractivity contribution is 0.148. The largest absolute Gasteiger partial charge is 0.454 e. The van der Waals surface area contributed by atoms with E-state index in [-0.39, 0.29) is 12.0 Å². The van der Waals surface area contributed by atoms with E-state index in [9.17, 15) is 5.11 Å². The molecule has 1 heterocycles. The molecule has 20 heavy (non-hydrogen) atoms. The lowest BCUT2D eigenvalue weighted by Crippen LogP contribution is -2.20. The lowest BCUT2D eigenvalue weighted by atomic mass is 9.89. The maximum atomic E-state index is 9.20. The molecule has 2 N–H and O–H groups in total. The highest BCUT2D eigenvalue weighted by Gasteiger charge is 2.18. The highest BCUT2D eigenvalue weighted by Crippen LogP contribution is 2.39. The Morgan fingerprint density at radius 3 is 2.90 bits per heavy atom. The van der Waals surface area contributed by atoms with Gasteiger partial charge in [-0.2, -0.15) is 0 Å². The Kier molecular flexibility index (Phi) is 5.29. The summed E-state index contributed by atoms with van der Waals surface area (Å²) in [4.78, 5) is 0. The van der Waals surface area contributed by atoms with Crippen LogP contribution >= 0.6 is 15.9 Å². The molecule has 0 unspecified atom stereocenters. The van der Waals surface area contributed by atoms with Gasteiger partial charge >= 0.3 is 0 Å². The van der Waals surface area contributed by atoms with Gasteiger partial charge in [-0.3, -0.25) is 0 Å². The van der Waals surface area contributed by atoms with E-state index in [2.05, 4.69) is 41.2 Å². The van der Waals surface area contributed by atoms with Crippen LogP contribution in [0.4, 0.5) is 0 Å². The van der Waals surface area contributed by atoms with E-state index in [0.29, 0.717) is 6.79 Å². The number of aliphatic hydroxyl groups is 1. The summed E-state index contributed by atoms with van der Waals surface area (Å²) < 4.78 is 11.7. The van der Waals surface area contributed by atoms with E-state index in [1.165, 1.54) is 5.56 Å². The van der Waals surface area contributed by atoms with Gasteiger partial charge < -0.3 is 19.9 Å². The standard InChI is InChI=1S/C15H22BrNO3/c1-15(2,9-18)4-3-5-17-8-11-6-12(16)14-13(7-11)19-10-20-14/h6-7,17-18H,3-5,8-10H2,1-2H3. The van der Waals surface area contributed by atoms with E-state index in [1.807, 2.05) is 6.07 Å². The fourth-order valence-electron chi connectivity index (χ4n) is 2.13. The summed E-state index contributed by atoms with van der Waals surface area (Å²) in [6, 6.07) is 4.07. The van der Waals surface area contributed by atoms with Crippen LogP contribution < -0.4 is 14.8 Å². The van der Waals surface area contributed by atoms with Crippen LogP contribution in [0.25, 0.3) is 0 Å². The van der Waals surface area contributed by atoms with Crippen LogP contribution in [0.15, 0.2) is 16.6 Å².